The number of likely N-dealkylation sites (N-methyl/N-ethyl adjacent to an activating group) is 1. The second-order valence-corrected chi connectivity index (χ2v) is 6.99. The number of hydrogen-bond acceptors (Lipinski definition) is 5. The monoisotopic (exact) mass is 350 g/mol. The first-order valence-electron chi connectivity index (χ1n) is 7.65. The fraction of sp³-hybridized carbons (Fsp3) is 0.353. The van der Waals surface area contributed by atoms with E-state index in [0.717, 1.165) is 5.69 Å². The van der Waals surface area contributed by atoms with Crippen LogP contribution in [-0.2, 0) is 16.4 Å². The number of sulfonamides is 1. The lowest BCUT2D eigenvalue weighted by molar-refractivity contribution is 0.384. The Morgan fingerprint density at radius 2 is 1.92 bits per heavy atom. The van der Waals surface area contributed by atoms with Crippen LogP contribution in [-0.4, -0.2) is 45.0 Å². The molecule has 1 aromatic heterocycles. The Morgan fingerprint density at radius 1 is 1.12 bits per heavy atom. The summed E-state index contributed by atoms with van der Waals surface area (Å²) in [5.74, 6) is 0.766. The van der Waals surface area contributed by atoms with Gasteiger partial charge in [-0.15, -0.1) is 0 Å². The highest BCUT2D eigenvalue weighted by atomic mass is 32.2. The predicted molar refractivity (Wildman–Crippen MR) is 91.9 cm³/mol. The van der Waals surface area contributed by atoms with Gasteiger partial charge in [0.15, 0.2) is 0 Å². The van der Waals surface area contributed by atoms with E-state index in [-0.39, 0.29) is 4.90 Å². The van der Waals surface area contributed by atoms with Gasteiger partial charge in [0, 0.05) is 37.5 Å². The molecule has 0 saturated heterocycles. The molecular weight excluding hydrogens is 328 g/mol. The molecule has 1 heterocycles. The first-order valence-corrected chi connectivity index (χ1v) is 9.09. The van der Waals surface area contributed by atoms with Crippen LogP contribution in [0.1, 0.15) is 12.6 Å². The maximum absolute atomic E-state index is 13.0. The van der Waals surface area contributed by atoms with Gasteiger partial charge >= 0.3 is 0 Å². The number of rotatable bonds is 8. The summed E-state index contributed by atoms with van der Waals surface area (Å²) in [6.07, 6.45) is 2.24. The van der Waals surface area contributed by atoms with E-state index in [1.807, 2.05) is 25.1 Å². The second-order valence-electron chi connectivity index (χ2n) is 5.08. The van der Waals surface area contributed by atoms with Crippen LogP contribution in [0, 0.1) is 0 Å². The molecule has 0 aliphatic carbocycles. The summed E-state index contributed by atoms with van der Waals surface area (Å²) < 4.78 is 37.8. The molecule has 0 saturated carbocycles. The van der Waals surface area contributed by atoms with Crippen molar-refractivity contribution in [3.8, 4) is 11.5 Å². The minimum atomic E-state index is -3.70. The smallest absolute Gasteiger partial charge is 0.246 e. The first kappa shape index (κ1) is 18.2. The van der Waals surface area contributed by atoms with E-state index in [2.05, 4.69) is 4.98 Å². The molecule has 2 rings (SSSR count). The van der Waals surface area contributed by atoms with Crippen LogP contribution >= 0.6 is 0 Å². The molecule has 0 aliphatic heterocycles. The van der Waals surface area contributed by atoms with Crippen molar-refractivity contribution in [2.45, 2.75) is 18.2 Å². The lowest BCUT2D eigenvalue weighted by atomic mass is 10.3. The molecule has 2 aromatic rings. The molecule has 0 bridgehead atoms. The molecule has 0 radical (unpaired) electrons. The summed E-state index contributed by atoms with van der Waals surface area (Å²) in [5, 5.41) is 0. The predicted octanol–water partition coefficient (Wildman–Crippen LogP) is 2.35. The average molecular weight is 350 g/mol. The summed E-state index contributed by atoms with van der Waals surface area (Å²) in [6, 6.07) is 10.3. The Morgan fingerprint density at radius 3 is 2.50 bits per heavy atom. The van der Waals surface area contributed by atoms with E-state index in [0.29, 0.717) is 31.0 Å². The Balaban J connectivity index is 2.29. The second kappa shape index (κ2) is 8.12. The van der Waals surface area contributed by atoms with E-state index >= 15 is 0 Å². The largest absolute Gasteiger partial charge is 0.497 e. The van der Waals surface area contributed by atoms with Crippen molar-refractivity contribution in [1.82, 2.24) is 9.29 Å². The van der Waals surface area contributed by atoms with Gasteiger partial charge in [-0.25, -0.2) is 8.42 Å². The maximum Gasteiger partial charge on any atom is 0.246 e. The van der Waals surface area contributed by atoms with Gasteiger partial charge in [-0.2, -0.15) is 4.31 Å². The first-order chi connectivity index (χ1) is 11.5. The summed E-state index contributed by atoms with van der Waals surface area (Å²) in [6.45, 7) is 2.51. The van der Waals surface area contributed by atoms with Crippen molar-refractivity contribution >= 4 is 10.0 Å². The third kappa shape index (κ3) is 4.04. The number of hydrogen-bond donors (Lipinski definition) is 0. The molecule has 0 fully saturated rings. The Bertz CT molecular complexity index is 763. The number of methoxy groups -OCH3 is 2. The van der Waals surface area contributed by atoms with E-state index in [1.54, 1.807) is 18.3 Å². The van der Waals surface area contributed by atoms with Gasteiger partial charge in [0.05, 0.1) is 14.2 Å². The quantitative estimate of drug-likeness (QED) is 0.731. The maximum atomic E-state index is 13.0. The summed E-state index contributed by atoms with van der Waals surface area (Å²) in [5.41, 5.74) is 0.851. The van der Waals surface area contributed by atoms with Crippen molar-refractivity contribution < 1.29 is 17.9 Å². The lowest BCUT2D eigenvalue weighted by Crippen LogP contribution is -2.33. The van der Waals surface area contributed by atoms with Crippen LogP contribution in [0.3, 0.4) is 0 Å². The van der Waals surface area contributed by atoms with Crippen LogP contribution in [0.15, 0.2) is 47.5 Å². The zero-order chi connectivity index (χ0) is 17.6. The Kier molecular flexibility index (Phi) is 6.16. The van der Waals surface area contributed by atoms with E-state index in [4.69, 9.17) is 9.47 Å². The van der Waals surface area contributed by atoms with Gasteiger partial charge in [0.25, 0.3) is 0 Å². The fourth-order valence-electron chi connectivity index (χ4n) is 2.36. The number of benzene rings is 1. The van der Waals surface area contributed by atoms with Gasteiger partial charge in [0.1, 0.15) is 16.4 Å². The van der Waals surface area contributed by atoms with Crippen LogP contribution in [0.5, 0.6) is 11.5 Å². The molecule has 0 unspecified atom stereocenters. The van der Waals surface area contributed by atoms with Gasteiger partial charge in [-0.1, -0.05) is 13.0 Å². The average Bonchev–Trinajstić information content (AvgIpc) is 2.62. The van der Waals surface area contributed by atoms with Crippen LogP contribution in [0.2, 0.25) is 0 Å². The van der Waals surface area contributed by atoms with E-state index in [9.17, 15) is 8.42 Å². The number of pyridine rings is 1. The highest BCUT2D eigenvalue weighted by molar-refractivity contribution is 7.89. The highest BCUT2D eigenvalue weighted by Crippen LogP contribution is 2.30. The number of aromatic nitrogens is 1. The van der Waals surface area contributed by atoms with Crippen LogP contribution in [0.25, 0.3) is 0 Å². The molecule has 130 valence electrons. The minimum absolute atomic E-state index is 0.104. The standard InChI is InChI=1S/C17H22N2O4S/c1-4-19(12-10-14-7-5-6-11-18-14)24(20,21)17-13-15(22-2)8-9-16(17)23-3/h5-9,11,13H,4,10,12H2,1-3H3. The third-order valence-electron chi connectivity index (χ3n) is 3.68. The van der Waals surface area contributed by atoms with Crippen molar-refractivity contribution in [1.29, 1.82) is 0 Å². The van der Waals surface area contributed by atoms with Crippen molar-refractivity contribution in [2.24, 2.45) is 0 Å². The highest BCUT2D eigenvalue weighted by Gasteiger charge is 2.27. The normalized spacial score (nSPS) is 11.5. The SMILES string of the molecule is CCN(CCc1ccccn1)S(=O)(=O)c1cc(OC)ccc1OC. The molecule has 24 heavy (non-hydrogen) atoms. The minimum Gasteiger partial charge on any atom is -0.497 e. The molecule has 0 atom stereocenters. The molecule has 0 amide bonds. The molecule has 7 heteroatoms. The molecule has 0 N–H and O–H groups in total. The zero-order valence-corrected chi connectivity index (χ0v) is 14.9. The van der Waals surface area contributed by atoms with Gasteiger partial charge < -0.3 is 9.47 Å². The van der Waals surface area contributed by atoms with E-state index in [1.165, 1.54) is 24.6 Å². The van der Waals surface area contributed by atoms with E-state index < -0.39 is 10.0 Å². The molecule has 6 nitrogen and oxygen atoms in total. The van der Waals surface area contributed by atoms with Crippen LogP contribution in [0.4, 0.5) is 0 Å². The van der Waals surface area contributed by atoms with Gasteiger partial charge in [-0.3, -0.25) is 4.98 Å². The molecule has 1 aromatic carbocycles. The third-order valence-corrected chi connectivity index (χ3v) is 5.68. The lowest BCUT2D eigenvalue weighted by Gasteiger charge is -2.22. The van der Waals surface area contributed by atoms with Crippen LogP contribution < -0.4 is 9.47 Å². The Hall–Kier alpha value is -2.12. The number of ether oxygens (including phenoxy) is 2. The van der Waals surface area contributed by atoms with Crippen molar-refractivity contribution in [2.75, 3.05) is 27.3 Å². The fourth-order valence-corrected chi connectivity index (χ4v) is 3.98. The van der Waals surface area contributed by atoms with Crippen molar-refractivity contribution in [3.05, 3.63) is 48.3 Å². The van der Waals surface area contributed by atoms with Gasteiger partial charge in [0.2, 0.25) is 10.0 Å². The zero-order valence-electron chi connectivity index (χ0n) is 14.1. The summed E-state index contributed by atoms with van der Waals surface area (Å²) >= 11 is 0. The van der Waals surface area contributed by atoms with Gasteiger partial charge in [-0.05, 0) is 24.3 Å². The number of nitrogens with zero attached hydrogens (tertiary/aromatic N) is 2. The molecular formula is C17H22N2O4S. The summed E-state index contributed by atoms with van der Waals surface area (Å²) in [7, 11) is -0.750. The van der Waals surface area contributed by atoms with Crippen molar-refractivity contribution in [3.63, 3.8) is 0 Å². The molecule has 0 spiro atoms. The topological polar surface area (TPSA) is 68.7 Å². The molecule has 0 aliphatic rings. The summed E-state index contributed by atoms with van der Waals surface area (Å²) in [4.78, 5) is 4.34. The Labute approximate surface area is 143 Å².